The minimum absolute atomic E-state index is 0.00405. The van der Waals surface area contributed by atoms with Gasteiger partial charge in [0.2, 0.25) is 17.7 Å². The molecule has 26 heavy (non-hydrogen) atoms. The summed E-state index contributed by atoms with van der Waals surface area (Å²) in [5, 5.41) is 8.72. The molecule has 0 saturated heterocycles. The van der Waals surface area contributed by atoms with Gasteiger partial charge in [-0.2, -0.15) is 0 Å². The number of carbonyl (C=O) groups is 3. The zero-order valence-corrected chi connectivity index (χ0v) is 16.6. The van der Waals surface area contributed by atoms with Gasteiger partial charge < -0.3 is 16.0 Å². The highest BCUT2D eigenvalue weighted by molar-refractivity contribution is 6.42. The second-order valence-electron chi connectivity index (χ2n) is 5.93. The lowest BCUT2D eigenvalue weighted by Gasteiger charge is -2.18. The number of benzene rings is 1. The van der Waals surface area contributed by atoms with Crippen molar-refractivity contribution in [2.24, 2.45) is 0 Å². The molecule has 0 aliphatic rings. The van der Waals surface area contributed by atoms with E-state index < -0.39 is 6.04 Å². The molecular formula is C17H24Cl2N4O3. The van der Waals surface area contributed by atoms with Crippen LogP contribution >= 0.6 is 23.2 Å². The van der Waals surface area contributed by atoms with E-state index in [9.17, 15) is 14.4 Å². The zero-order valence-electron chi connectivity index (χ0n) is 15.1. The van der Waals surface area contributed by atoms with E-state index in [0.29, 0.717) is 22.3 Å². The third-order valence-corrected chi connectivity index (χ3v) is 4.09. The molecule has 0 unspecified atom stereocenters. The Hall–Kier alpha value is -1.83. The van der Waals surface area contributed by atoms with Crippen molar-refractivity contribution in [1.82, 2.24) is 15.5 Å². The molecule has 0 saturated carbocycles. The SMILES string of the molecule is CCCNC(=O)[C@@H](C)NC(=O)CN(C)CC(=O)Nc1ccc(Cl)c(Cl)c1. The summed E-state index contributed by atoms with van der Waals surface area (Å²) in [4.78, 5) is 37.3. The van der Waals surface area contributed by atoms with Gasteiger partial charge in [-0.15, -0.1) is 0 Å². The predicted octanol–water partition coefficient (Wildman–Crippen LogP) is 1.89. The first kappa shape index (κ1) is 22.2. The maximum absolute atomic E-state index is 12.0. The van der Waals surface area contributed by atoms with E-state index in [1.54, 1.807) is 37.1 Å². The van der Waals surface area contributed by atoms with Crippen molar-refractivity contribution >= 4 is 46.6 Å². The largest absolute Gasteiger partial charge is 0.354 e. The molecule has 0 aliphatic heterocycles. The van der Waals surface area contributed by atoms with Crippen LogP contribution in [0.4, 0.5) is 5.69 Å². The second kappa shape index (κ2) is 11.0. The predicted molar refractivity (Wildman–Crippen MR) is 103 cm³/mol. The summed E-state index contributed by atoms with van der Waals surface area (Å²) in [5.41, 5.74) is 0.517. The number of hydrogen-bond acceptors (Lipinski definition) is 4. The molecule has 1 aromatic rings. The van der Waals surface area contributed by atoms with Crippen LogP contribution in [-0.2, 0) is 14.4 Å². The number of halogens is 2. The van der Waals surface area contributed by atoms with Crippen LogP contribution < -0.4 is 16.0 Å². The van der Waals surface area contributed by atoms with Crippen LogP contribution in [0.15, 0.2) is 18.2 Å². The molecule has 3 N–H and O–H groups in total. The first-order valence-corrected chi connectivity index (χ1v) is 8.99. The van der Waals surface area contributed by atoms with Crippen molar-refractivity contribution in [3.8, 4) is 0 Å². The molecule has 9 heteroatoms. The standard InChI is InChI=1S/C17H24Cl2N4O3/c1-4-7-20-17(26)11(2)21-15(24)9-23(3)10-16(25)22-12-5-6-13(18)14(19)8-12/h5-6,8,11H,4,7,9-10H2,1-3H3,(H,20,26)(H,21,24)(H,22,25)/t11-/m1/s1. The highest BCUT2D eigenvalue weighted by atomic mass is 35.5. The van der Waals surface area contributed by atoms with Crippen molar-refractivity contribution in [2.45, 2.75) is 26.3 Å². The van der Waals surface area contributed by atoms with Gasteiger partial charge in [0.1, 0.15) is 6.04 Å². The minimum atomic E-state index is -0.632. The van der Waals surface area contributed by atoms with Crippen LogP contribution in [0.5, 0.6) is 0 Å². The third kappa shape index (κ3) is 8.03. The molecule has 7 nitrogen and oxygen atoms in total. The van der Waals surface area contributed by atoms with Crippen LogP contribution in [0.1, 0.15) is 20.3 Å². The van der Waals surface area contributed by atoms with Crippen LogP contribution in [0, 0.1) is 0 Å². The first-order valence-electron chi connectivity index (χ1n) is 8.23. The number of nitrogens with one attached hydrogen (secondary N) is 3. The summed E-state index contributed by atoms with van der Waals surface area (Å²) in [7, 11) is 1.63. The normalized spacial score (nSPS) is 11.8. The molecule has 1 rings (SSSR count). The Bertz CT molecular complexity index is 655. The highest BCUT2D eigenvalue weighted by Crippen LogP contribution is 2.24. The molecule has 1 atom stereocenters. The number of hydrogen-bond donors (Lipinski definition) is 3. The molecule has 1 aromatic carbocycles. The Morgan fingerprint density at radius 1 is 1.12 bits per heavy atom. The van der Waals surface area contributed by atoms with Gasteiger partial charge in [-0.1, -0.05) is 30.1 Å². The van der Waals surface area contributed by atoms with Crippen molar-refractivity contribution in [2.75, 3.05) is 32.0 Å². The minimum Gasteiger partial charge on any atom is -0.354 e. The summed E-state index contributed by atoms with van der Waals surface area (Å²) in [6.07, 6.45) is 0.823. The van der Waals surface area contributed by atoms with E-state index >= 15 is 0 Å². The molecule has 0 aromatic heterocycles. The van der Waals surface area contributed by atoms with Crippen molar-refractivity contribution in [3.05, 3.63) is 28.2 Å². The number of nitrogens with zero attached hydrogens (tertiary/aromatic N) is 1. The maximum Gasteiger partial charge on any atom is 0.242 e. The Morgan fingerprint density at radius 2 is 1.77 bits per heavy atom. The van der Waals surface area contributed by atoms with Gasteiger partial charge in [0.15, 0.2) is 0 Å². The Balaban J connectivity index is 2.41. The van der Waals surface area contributed by atoms with Gasteiger partial charge in [0.25, 0.3) is 0 Å². The molecule has 0 fully saturated rings. The third-order valence-electron chi connectivity index (χ3n) is 3.35. The van der Waals surface area contributed by atoms with Gasteiger partial charge in [0.05, 0.1) is 23.1 Å². The van der Waals surface area contributed by atoms with Crippen LogP contribution in [0.3, 0.4) is 0 Å². The number of anilines is 1. The van der Waals surface area contributed by atoms with E-state index in [-0.39, 0.29) is 30.8 Å². The molecule has 3 amide bonds. The summed E-state index contributed by atoms with van der Waals surface area (Å²) < 4.78 is 0. The number of carbonyl (C=O) groups excluding carboxylic acids is 3. The number of amides is 3. The summed E-state index contributed by atoms with van der Waals surface area (Å²) in [6.45, 7) is 4.11. The summed E-state index contributed by atoms with van der Waals surface area (Å²) in [5.74, 6) is -0.873. The molecule has 0 heterocycles. The van der Waals surface area contributed by atoms with Crippen molar-refractivity contribution < 1.29 is 14.4 Å². The van der Waals surface area contributed by atoms with Crippen molar-refractivity contribution in [3.63, 3.8) is 0 Å². The van der Waals surface area contributed by atoms with Gasteiger partial charge in [0, 0.05) is 12.2 Å². The molecule has 0 radical (unpaired) electrons. The Kier molecular flexibility index (Phi) is 9.40. The second-order valence-corrected chi connectivity index (χ2v) is 6.74. The number of likely N-dealkylation sites (N-methyl/N-ethyl adjacent to an activating group) is 1. The smallest absolute Gasteiger partial charge is 0.242 e. The molecule has 0 spiro atoms. The fourth-order valence-corrected chi connectivity index (χ4v) is 2.37. The van der Waals surface area contributed by atoms with E-state index in [2.05, 4.69) is 16.0 Å². The highest BCUT2D eigenvalue weighted by Gasteiger charge is 2.17. The summed E-state index contributed by atoms with van der Waals surface area (Å²) in [6, 6.07) is 4.13. The molecular weight excluding hydrogens is 379 g/mol. The topological polar surface area (TPSA) is 90.5 Å². The zero-order chi connectivity index (χ0) is 19.7. The molecule has 0 aliphatic carbocycles. The molecule has 144 valence electrons. The van der Waals surface area contributed by atoms with E-state index in [4.69, 9.17) is 23.2 Å². The lowest BCUT2D eigenvalue weighted by molar-refractivity contribution is -0.129. The van der Waals surface area contributed by atoms with Crippen LogP contribution in [0.2, 0.25) is 10.0 Å². The molecule has 0 bridgehead atoms. The van der Waals surface area contributed by atoms with Crippen LogP contribution in [0.25, 0.3) is 0 Å². The van der Waals surface area contributed by atoms with Gasteiger partial charge in [-0.05, 0) is 38.6 Å². The Morgan fingerprint density at radius 3 is 2.38 bits per heavy atom. The fourth-order valence-electron chi connectivity index (χ4n) is 2.07. The number of rotatable bonds is 9. The Labute approximate surface area is 163 Å². The fraction of sp³-hybridized carbons (Fsp3) is 0.471. The van der Waals surface area contributed by atoms with E-state index in [0.717, 1.165) is 6.42 Å². The quantitative estimate of drug-likeness (QED) is 0.588. The maximum atomic E-state index is 12.0. The lowest BCUT2D eigenvalue weighted by Crippen LogP contribution is -2.48. The average molecular weight is 403 g/mol. The monoisotopic (exact) mass is 402 g/mol. The van der Waals surface area contributed by atoms with Crippen molar-refractivity contribution in [1.29, 1.82) is 0 Å². The van der Waals surface area contributed by atoms with Gasteiger partial charge in [-0.3, -0.25) is 19.3 Å². The average Bonchev–Trinajstić information content (AvgIpc) is 2.55. The summed E-state index contributed by atoms with van der Waals surface area (Å²) >= 11 is 11.7. The van der Waals surface area contributed by atoms with Crippen LogP contribution in [-0.4, -0.2) is 55.3 Å². The van der Waals surface area contributed by atoms with E-state index in [1.807, 2.05) is 6.92 Å². The van der Waals surface area contributed by atoms with E-state index in [1.165, 1.54) is 0 Å². The lowest BCUT2D eigenvalue weighted by atomic mass is 10.3. The van der Waals surface area contributed by atoms with Gasteiger partial charge in [-0.25, -0.2) is 0 Å². The first-order chi connectivity index (χ1) is 12.2. The van der Waals surface area contributed by atoms with Gasteiger partial charge >= 0.3 is 0 Å².